The molecule has 2 nitrogen and oxygen atoms in total. The van der Waals surface area contributed by atoms with Crippen LogP contribution in [0.5, 0.6) is 0 Å². The van der Waals surface area contributed by atoms with Crippen molar-refractivity contribution >= 4 is 0 Å². The van der Waals surface area contributed by atoms with E-state index in [0.29, 0.717) is 0 Å². The van der Waals surface area contributed by atoms with Crippen LogP contribution in [-0.4, -0.2) is 49.1 Å². The summed E-state index contributed by atoms with van der Waals surface area (Å²) in [5, 5.41) is 0. The summed E-state index contributed by atoms with van der Waals surface area (Å²) in [6.45, 7) is 7.54. The summed E-state index contributed by atoms with van der Waals surface area (Å²) in [4.78, 5) is 5.15. The average molecular weight is 182 g/mol. The van der Waals surface area contributed by atoms with Crippen molar-refractivity contribution in [2.24, 2.45) is 5.92 Å². The fourth-order valence-corrected chi connectivity index (χ4v) is 2.70. The Morgan fingerprint density at radius 3 is 2.23 bits per heavy atom. The third kappa shape index (κ3) is 2.23. The zero-order valence-corrected chi connectivity index (χ0v) is 9.00. The van der Waals surface area contributed by atoms with E-state index in [2.05, 4.69) is 23.8 Å². The zero-order valence-electron chi connectivity index (χ0n) is 9.00. The Balaban J connectivity index is 1.81. The molecular weight excluding hydrogens is 160 g/mol. The Labute approximate surface area is 81.9 Å². The van der Waals surface area contributed by atoms with E-state index in [4.69, 9.17) is 0 Å². The van der Waals surface area contributed by atoms with E-state index in [0.717, 1.165) is 12.0 Å². The first-order valence-corrected chi connectivity index (χ1v) is 5.68. The highest BCUT2D eigenvalue weighted by atomic mass is 15.3. The van der Waals surface area contributed by atoms with Crippen molar-refractivity contribution in [3.05, 3.63) is 0 Å². The maximum Gasteiger partial charge on any atom is 0.0113 e. The summed E-state index contributed by atoms with van der Waals surface area (Å²) < 4.78 is 0. The Hall–Kier alpha value is -0.0800. The Bertz CT molecular complexity index is 161. The molecule has 2 fully saturated rings. The Morgan fingerprint density at radius 1 is 1.00 bits per heavy atom. The lowest BCUT2D eigenvalue weighted by Gasteiger charge is -2.36. The quantitative estimate of drug-likeness (QED) is 0.605. The molecule has 0 unspecified atom stereocenters. The molecule has 1 saturated carbocycles. The molecule has 0 aromatic rings. The van der Waals surface area contributed by atoms with E-state index < -0.39 is 0 Å². The number of rotatable bonds is 1. The second-order valence-electron chi connectivity index (χ2n) is 4.91. The summed E-state index contributed by atoms with van der Waals surface area (Å²) in [7, 11) is 2.23. The van der Waals surface area contributed by atoms with Gasteiger partial charge in [-0.05, 0) is 32.2 Å². The molecule has 2 heteroatoms. The summed E-state index contributed by atoms with van der Waals surface area (Å²) >= 11 is 0. The average Bonchev–Trinajstić information content (AvgIpc) is 2.53. The first-order valence-electron chi connectivity index (χ1n) is 5.68. The van der Waals surface area contributed by atoms with E-state index in [1.165, 1.54) is 45.4 Å². The molecule has 2 rings (SSSR count). The molecule has 13 heavy (non-hydrogen) atoms. The molecular formula is C11H22N2. The standard InChI is InChI=1S/C11H22N2/c1-10-3-4-11(9-10)13-7-5-12(2)6-8-13/h10-11H,3-9H2,1-2H3/t10-,11+/m1/s1. The van der Waals surface area contributed by atoms with E-state index in [9.17, 15) is 0 Å². The van der Waals surface area contributed by atoms with Gasteiger partial charge in [0.05, 0.1) is 0 Å². The lowest BCUT2D eigenvalue weighted by Crippen LogP contribution is -2.48. The molecule has 1 aliphatic carbocycles. The van der Waals surface area contributed by atoms with Gasteiger partial charge >= 0.3 is 0 Å². The predicted octanol–water partition coefficient (Wildman–Crippen LogP) is 1.42. The molecule has 0 spiro atoms. The van der Waals surface area contributed by atoms with Gasteiger partial charge in [-0.2, -0.15) is 0 Å². The summed E-state index contributed by atoms with van der Waals surface area (Å²) in [5.41, 5.74) is 0. The van der Waals surface area contributed by atoms with Crippen molar-refractivity contribution in [1.82, 2.24) is 9.80 Å². The van der Waals surface area contributed by atoms with Gasteiger partial charge in [0.15, 0.2) is 0 Å². The monoisotopic (exact) mass is 182 g/mol. The van der Waals surface area contributed by atoms with E-state index in [1.807, 2.05) is 0 Å². The van der Waals surface area contributed by atoms with Crippen molar-refractivity contribution < 1.29 is 0 Å². The molecule has 0 N–H and O–H groups in total. The molecule has 0 amide bonds. The second kappa shape index (κ2) is 3.97. The largest absolute Gasteiger partial charge is 0.304 e. The topological polar surface area (TPSA) is 6.48 Å². The molecule has 76 valence electrons. The lowest BCUT2D eigenvalue weighted by atomic mass is 10.1. The first-order chi connectivity index (χ1) is 6.25. The number of likely N-dealkylation sites (N-methyl/N-ethyl adjacent to an activating group) is 1. The van der Waals surface area contributed by atoms with Crippen LogP contribution in [0.3, 0.4) is 0 Å². The van der Waals surface area contributed by atoms with E-state index in [-0.39, 0.29) is 0 Å². The molecule has 0 aromatic carbocycles. The smallest absolute Gasteiger partial charge is 0.0113 e. The molecule has 0 bridgehead atoms. The van der Waals surface area contributed by atoms with Crippen LogP contribution >= 0.6 is 0 Å². The highest BCUT2D eigenvalue weighted by Gasteiger charge is 2.28. The zero-order chi connectivity index (χ0) is 9.26. The van der Waals surface area contributed by atoms with Crippen LogP contribution in [0, 0.1) is 5.92 Å². The minimum Gasteiger partial charge on any atom is -0.304 e. The Morgan fingerprint density at radius 2 is 1.69 bits per heavy atom. The van der Waals surface area contributed by atoms with Crippen molar-refractivity contribution in [3.63, 3.8) is 0 Å². The van der Waals surface area contributed by atoms with E-state index in [1.54, 1.807) is 0 Å². The fourth-order valence-electron chi connectivity index (χ4n) is 2.70. The minimum atomic E-state index is 0.920. The first kappa shape index (κ1) is 9.47. The molecule has 1 saturated heterocycles. The van der Waals surface area contributed by atoms with Crippen molar-refractivity contribution in [3.8, 4) is 0 Å². The van der Waals surface area contributed by atoms with Crippen molar-refractivity contribution in [1.29, 1.82) is 0 Å². The molecule has 0 aromatic heterocycles. The normalized spacial score (nSPS) is 38.3. The Kier molecular flexibility index (Phi) is 2.89. The number of nitrogens with zero attached hydrogens (tertiary/aromatic N) is 2. The summed E-state index contributed by atoms with van der Waals surface area (Å²) in [6.07, 6.45) is 4.35. The summed E-state index contributed by atoms with van der Waals surface area (Å²) in [5.74, 6) is 0.977. The fraction of sp³-hybridized carbons (Fsp3) is 1.00. The van der Waals surface area contributed by atoms with E-state index >= 15 is 0 Å². The molecule has 0 radical (unpaired) electrons. The van der Waals surface area contributed by atoms with Gasteiger partial charge in [-0.15, -0.1) is 0 Å². The maximum absolute atomic E-state index is 2.71. The van der Waals surface area contributed by atoms with Crippen LogP contribution in [0.15, 0.2) is 0 Å². The third-order valence-electron chi connectivity index (χ3n) is 3.72. The van der Waals surface area contributed by atoms with Gasteiger partial charge in [-0.1, -0.05) is 6.92 Å². The molecule has 2 aliphatic rings. The van der Waals surface area contributed by atoms with Crippen molar-refractivity contribution in [2.45, 2.75) is 32.2 Å². The van der Waals surface area contributed by atoms with Gasteiger partial charge in [-0.3, -0.25) is 4.90 Å². The van der Waals surface area contributed by atoms with Crippen LogP contribution < -0.4 is 0 Å². The third-order valence-corrected chi connectivity index (χ3v) is 3.72. The highest BCUT2D eigenvalue weighted by molar-refractivity contribution is 4.83. The van der Waals surface area contributed by atoms with Gasteiger partial charge in [0.1, 0.15) is 0 Å². The molecule has 1 heterocycles. The number of hydrogen-bond acceptors (Lipinski definition) is 2. The second-order valence-corrected chi connectivity index (χ2v) is 4.91. The predicted molar refractivity (Wildman–Crippen MR) is 55.9 cm³/mol. The number of hydrogen-bond donors (Lipinski definition) is 0. The van der Waals surface area contributed by atoms with Crippen LogP contribution in [0.4, 0.5) is 0 Å². The van der Waals surface area contributed by atoms with Crippen LogP contribution in [0.1, 0.15) is 26.2 Å². The van der Waals surface area contributed by atoms with Gasteiger partial charge in [0.25, 0.3) is 0 Å². The van der Waals surface area contributed by atoms with Gasteiger partial charge < -0.3 is 4.90 Å². The van der Waals surface area contributed by atoms with Crippen molar-refractivity contribution in [2.75, 3.05) is 33.2 Å². The van der Waals surface area contributed by atoms with Gasteiger partial charge in [0, 0.05) is 32.2 Å². The minimum absolute atomic E-state index is 0.920. The lowest BCUT2D eigenvalue weighted by molar-refractivity contribution is 0.112. The van der Waals surface area contributed by atoms with Gasteiger partial charge in [-0.25, -0.2) is 0 Å². The molecule has 2 atom stereocenters. The molecule has 1 aliphatic heterocycles. The van der Waals surface area contributed by atoms with Crippen LogP contribution in [0.2, 0.25) is 0 Å². The van der Waals surface area contributed by atoms with Gasteiger partial charge in [0.2, 0.25) is 0 Å². The van der Waals surface area contributed by atoms with Crippen LogP contribution in [0.25, 0.3) is 0 Å². The van der Waals surface area contributed by atoms with Crippen LogP contribution in [-0.2, 0) is 0 Å². The highest BCUT2D eigenvalue weighted by Crippen LogP contribution is 2.29. The number of piperazine rings is 1. The summed E-state index contributed by atoms with van der Waals surface area (Å²) in [6, 6.07) is 0.920. The SMILES string of the molecule is C[C@@H]1CC[C@H](N2CCN(C)CC2)C1. The maximum atomic E-state index is 2.71.